The van der Waals surface area contributed by atoms with Gasteiger partial charge in [0, 0.05) is 16.5 Å². The van der Waals surface area contributed by atoms with Gasteiger partial charge in [-0.2, -0.15) is 0 Å². The molecule has 0 aliphatic heterocycles. The van der Waals surface area contributed by atoms with E-state index < -0.39 is 28.7 Å². The standard InChI is InChI=1S/C38H24O7/c39-31-26(20-13-5-2-6-14-20)28-30-32(40)34(42)35(43)36(44)38(30)45-37(28)33(41)29(31)27-23-17-9-7-15-21(23)25(19-11-3-1-4-12-19)22-16-8-10-18-24(22)27/h1-18,39-44H. The molecule has 0 spiro atoms. The number of phenolic OH excluding ortho intramolecular Hbond substituents is 6. The first kappa shape index (κ1) is 26.3. The Labute approximate surface area is 255 Å². The summed E-state index contributed by atoms with van der Waals surface area (Å²) in [5.74, 6) is -4.27. The third-order valence-corrected chi connectivity index (χ3v) is 8.51. The van der Waals surface area contributed by atoms with Crippen LogP contribution in [0.25, 0.3) is 76.9 Å². The highest BCUT2D eigenvalue weighted by atomic mass is 16.4. The first-order valence-corrected chi connectivity index (χ1v) is 14.2. The summed E-state index contributed by atoms with van der Waals surface area (Å²) in [5.41, 5.74) is 2.83. The van der Waals surface area contributed by atoms with Crippen LogP contribution < -0.4 is 0 Å². The first-order valence-electron chi connectivity index (χ1n) is 14.2. The average Bonchev–Trinajstić information content (AvgIpc) is 3.48. The van der Waals surface area contributed by atoms with Crippen LogP contribution in [0.4, 0.5) is 0 Å². The second-order valence-corrected chi connectivity index (χ2v) is 10.9. The zero-order valence-electron chi connectivity index (χ0n) is 23.5. The summed E-state index contributed by atoms with van der Waals surface area (Å²) in [7, 11) is 0. The van der Waals surface area contributed by atoms with Crippen LogP contribution in [0.5, 0.6) is 34.5 Å². The van der Waals surface area contributed by atoms with Crippen molar-refractivity contribution in [2.45, 2.75) is 0 Å². The van der Waals surface area contributed by atoms with Gasteiger partial charge >= 0.3 is 0 Å². The number of aromatic hydroxyl groups is 6. The normalized spacial score (nSPS) is 11.6. The lowest BCUT2D eigenvalue weighted by Gasteiger charge is -2.20. The van der Waals surface area contributed by atoms with E-state index in [0.29, 0.717) is 11.1 Å². The monoisotopic (exact) mass is 592 g/mol. The summed E-state index contributed by atoms with van der Waals surface area (Å²) in [6.45, 7) is 0. The van der Waals surface area contributed by atoms with Crippen LogP contribution >= 0.6 is 0 Å². The molecule has 8 aromatic rings. The van der Waals surface area contributed by atoms with Gasteiger partial charge in [-0.05, 0) is 38.2 Å². The topological polar surface area (TPSA) is 135 Å². The van der Waals surface area contributed by atoms with Crippen molar-refractivity contribution in [3.8, 4) is 67.9 Å². The molecule has 0 aliphatic rings. The summed E-state index contributed by atoms with van der Waals surface area (Å²) >= 11 is 0. The zero-order chi connectivity index (χ0) is 31.0. The molecule has 1 heterocycles. The summed E-state index contributed by atoms with van der Waals surface area (Å²) in [6, 6.07) is 34.4. The molecule has 0 radical (unpaired) electrons. The van der Waals surface area contributed by atoms with Crippen molar-refractivity contribution in [1.82, 2.24) is 0 Å². The number of hydrogen-bond donors (Lipinski definition) is 6. The van der Waals surface area contributed by atoms with E-state index in [-0.39, 0.29) is 38.8 Å². The van der Waals surface area contributed by atoms with Gasteiger partial charge in [0.15, 0.2) is 22.7 Å². The Kier molecular flexibility index (Phi) is 5.60. The Morgan fingerprint density at radius 2 is 0.733 bits per heavy atom. The second-order valence-electron chi connectivity index (χ2n) is 10.9. The first-order chi connectivity index (χ1) is 21.9. The summed E-state index contributed by atoms with van der Waals surface area (Å²) in [6.07, 6.45) is 0. The van der Waals surface area contributed by atoms with Crippen molar-refractivity contribution in [3.05, 3.63) is 109 Å². The lowest BCUT2D eigenvalue weighted by Crippen LogP contribution is -1.93. The van der Waals surface area contributed by atoms with E-state index in [1.54, 1.807) is 24.3 Å². The number of hydrogen-bond acceptors (Lipinski definition) is 7. The Morgan fingerprint density at radius 1 is 0.311 bits per heavy atom. The highest BCUT2D eigenvalue weighted by Gasteiger charge is 2.32. The summed E-state index contributed by atoms with van der Waals surface area (Å²) in [5, 5.41) is 69.9. The van der Waals surface area contributed by atoms with Crippen LogP contribution in [0.1, 0.15) is 0 Å². The Bertz CT molecular complexity index is 2420. The van der Waals surface area contributed by atoms with E-state index in [1.165, 1.54) is 0 Å². The molecule has 6 N–H and O–H groups in total. The minimum absolute atomic E-state index is 0.0487. The lowest BCUT2D eigenvalue weighted by molar-refractivity contribution is 0.348. The smallest absolute Gasteiger partial charge is 0.208 e. The van der Waals surface area contributed by atoms with Gasteiger partial charge in [-0.3, -0.25) is 0 Å². The maximum atomic E-state index is 12.3. The Hall–Kier alpha value is -6.34. The van der Waals surface area contributed by atoms with Gasteiger partial charge in [-0.25, -0.2) is 0 Å². The quantitative estimate of drug-likeness (QED) is 0.0684. The van der Waals surface area contributed by atoms with Crippen LogP contribution in [0.15, 0.2) is 114 Å². The fourth-order valence-electron chi connectivity index (χ4n) is 6.58. The molecule has 7 aromatic carbocycles. The highest BCUT2D eigenvalue weighted by Crippen LogP contribution is 2.59. The van der Waals surface area contributed by atoms with Crippen molar-refractivity contribution in [2.24, 2.45) is 0 Å². The van der Waals surface area contributed by atoms with E-state index in [9.17, 15) is 30.6 Å². The molecule has 8 rings (SSSR count). The number of rotatable bonds is 3. The van der Waals surface area contributed by atoms with Gasteiger partial charge in [0.05, 0.1) is 10.9 Å². The molecule has 0 saturated carbocycles. The van der Waals surface area contributed by atoms with Crippen molar-refractivity contribution in [1.29, 1.82) is 0 Å². The Balaban J connectivity index is 1.62. The van der Waals surface area contributed by atoms with Crippen molar-refractivity contribution >= 4 is 43.5 Å². The fourth-order valence-corrected chi connectivity index (χ4v) is 6.58. The summed E-state index contributed by atoms with van der Waals surface area (Å²) < 4.78 is 5.98. The molecule has 218 valence electrons. The Morgan fingerprint density at radius 3 is 1.27 bits per heavy atom. The molecular formula is C38H24O7. The van der Waals surface area contributed by atoms with Crippen LogP contribution in [-0.2, 0) is 0 Å². The van der Waals surface area contributed by atoms with Crippen LogP contribution in [0, 0.1) is 0 Å². The maximum Gasteiger partial charge on any atom is 0.208 e. The fraction of sp³-hybridized carbons (Fsp3) is 0. The van der Waals surface area contributed by atoms with Crippen molar-refractivity contribution < 1.29 is 35.1 Å². The second kappa shape index (κ2) is 9.59. The molecule has 0 saturated heterocycles. The van der Waals surface area contributed by atoms with Gasteiger partial charge in [0.2, 0.25) is 17.2 Å². The minimum Gasteiger partial charge on any atom is -0.506 e. The van der Waals surface area contributed by atoms with E-state index in [2.05, 4.69) is 0 Å². The van der Waals surface area contributed by atoms with Crippen LogP contribution in [0.3, 0.4) is 0 Å². The number of fused-ring (bicyclic) bond motifs is 5. The predicted molar refractivity (Wildman–Crippen MR) is 175 cm³/mol. The lowest BCUT2D eigenvalue weighted by atomic mass is 9.84. The highest BCUT2D eigenvalue weighted by molar-refractivity contribution is 6.27. The van der Waals surface area contributed by atoms with Crippen molar-refractivity contribution in [2.75, 3.05) is 0 Å². The minimum atomic E-state index is -0.974. The maximum absolute atomic E-state index is 12.3. The number of benzene rings is 7. The van der Waals surface area contributed by atoms with Gasteiger partial charge in [-0.15, -0.1) is 0 Å². The molecule has 0 aliphatic carbocycles. The van der Waals surface area contributed by atoms with Gasteiger partial charge in [0.25, 0.3) is 0 Å². The average molecular weight is 593 g/mol. The molecule has 0 amide bonds. The molecule has 45 heavy (non-hydrogen) atoms. The number of furan rings is 1. The van der Waals surface area contributed by atoms with Gasteiger partial charge < -0.3 is 35.1 Å². The third kappa shape index (κ3) is 3.58. The van der Waals surface area contributed by atoms with Gasteiger partial charge in [0.1, 0.15) is 5.75 Å². The van der Waals surface area contributed by atoms with Crippen LogP contribution in [-0.4, -0.2) is 30.6 Å². The van der Waals surface area contributed by atoms with E-state index in [0.717, 1.165) is 32.7 Å². The zero-order valence-corrected chi connectivity index (χ0v) is 23.5. The van der Waals surface area contributed by atoms with Crippen molar-refractivity contribution in [3.63, 3.8) is 0 Å². The largest absolute Gasteiger partial charge is 0.506 e. The molecule has 0 bridgehead atoms. The van der Waals surface area contributed by atoms with Gasteiger partial charge in [-0.1, -0.05) is 109 Å². The predicted octanol–water partition coefficient (Wildman–Crippen LogP) is 9.13. The third-order valence-electron chi connectivity index (χ3n) is 8.51. The van der Waals surface area contributed by atoms with Crippen LogP contribution in [0.2, 0.25) is 0 Å². The summed E-state index contributed by atoms with van der Waals surface area (Å²) in [4.78, 5) is 0. The molecule has 7 nitrogen and oxygen atoms in total. The molecule has 1 aromatic heterocycles. The molecule has 7 heteroatoms. The SMILES string of the molecule is Oc1c(O)c(O)c2c(oc3c(O)c(-c4c5ccccc5c(-c5ccccc5)c5ccccc45)c(O)c(-c4ccccc4)c32)c1O. The number of phenols is 6. The van der Waals surface area contributed by atoms with E-state index in [4.69, 9.17) is 4.42 Å². The molecule has 0 fully saturated rings. The van der Waals surface area contributed by atoms with E-state index in [1.807, 2.05) is 84.9 Å². The van der Waals surface area contributed by atoms with E-state index >= 15 is 0 Å². The molecule has 0 atom stereocenters. The molecule has 0 unspecified atom stereocenters. The molecular weight excluding hydrogens is 568 g/mol.